The highest BCUT2D eigenvalue weighted by atomic mass is 35.5. The zero-order valence-electron chi connectivity index (χ0n) is 13.4. The van der Waals surface area contributed by atoms with Gasteiger partial charge in [0.25, 0.3) is 0 Å². The van der Waals surface area contributed by atoms with Gasteiger partial charge in [-0.1, -0.05) is 18.5 Å². The molecule has 0 amide bonds. The van der Waals surface area contributed by atoms with Gasteiger partial charge in [0, 0.05) is 37.3 Å². The van der Waals surface area contributed by atoms with E-state index in [4.69, 9.17) is 11.6 Å². The molecule has 1 N–H and O–H groups in total. The molecule has 0 aliphatic heterocycles. The van der Waals surface area contributed by atoms with E-state index in [9.17, 15) is 0 Å². The summed E-state index contributed by atoms with van der Waals surface area (Å²) in [6.45, 7) is 9.97. The van der Waals surface area contributed by atoms with Crippen molar-refractivity contribution in [2.24, 2.45) is 7.05 Å². The third-order valence-electron chi connectivity index (χ3n) is 3.95. The lowest BCUT2D eigenvalue weighted by Gasteiger charge is -2.18. The van der Waals surface area contributed by atoms with Gasteiger partial charge >= 0.3 is 0 Å². The molecule has 0 spiro atoms. The number of aromatic nitrogens is 4. The van der Waals surface area contributed by atoms with Crippen LogP contribution in [0.2, 0.25) is 5.02 Å². The van der Waals surface area contributed by atoms with Gasteiger partial charge < -0.3 is 5.32 Å². The van der Waals surface area contributed by atoms with E-state index in [1.165, 1.54) is 11.3 Å². The summed E-state index contributed by atoms with van der Waals surface area (Å²) in [5, 5.41) is 13.2. The highest BCUT2D eigenvalue weighted by Gasteiger charge is 2.21. The van der Waals surface area contributed by atoms with Crippen LogP contribution in [0.3, 0.4) is 0 Å². The summed E-state index contributed by atoms with van der Waals surface area (Å²) in [5.74, 6) is 0. The molecule has 0 aliphatic rings. The number of hydrogen-bond donors (Lipinski definition) is 1. The van der Waals surface area contributed by atoms with Crippen LogP contribution in [0.5, 0.6) is 0 Å². The van der Waals surface area contributed by atoms with E-state index in [1.807, 2.05) is 29.5 Å². The van der Waals surface area contributed by atoms with E-state index in [0.717, 1.165) is 35.9 Å². The van der Waals surface area contributed by atoms with Gasteiger partial charge in [0.15, 0.2) is 0 Å². The average molecular weight is 310 g/mol. The van der Waals surface area contributed by atoms with Gasteiger partial charge in [0.05, 0.1) is 22.6 Å². The van der Waals surface area contributed by atoms with Crippen molar-refractivity contribution in [3.05, 3.63) is 33.9 Å². The van der Waals surface area contributed by atoms with Crippen LogP contribution < -0.4 is 5.32 Å². The van der Waals surface area contributed by atoms with Gasteiger partial charge in [-0.15, -0.1) is 0 Å². The van der Waals surface area contributed by atoms with E-state index in [0.29, 0.717) is 0 Å². The maximum Gasteiger partial charge on any atom is 0.0847 e. The topological polar surface area (TPSA) is 47.7 Å². The first-order valence-corrected chi connectivity index (χ1v) is 7.81. The van der Waals surface area contributed by atoms with Gasteiger partial charge in [-0.2, -0.15) is 10.2 Å². The van der Waals surface area contributed by atoms with Gasteiger partial charge in [-0.05, 0) is 27.3 Å². The number of nitrogens with zero attached hydrogens (tertiary/aromatic N) is 4. The molecule has 1 atom stereocenters. The van der Waals surface area contributed by atoms with Crippen LogP contribution in [-0.2, 0) is 20.0 Å². The second-order valence-electron chi connectivity index (χ2n) is 5.29. The van der Waals surface area contributed by atoms with Crippen LogP contribution in [0.25, 0.3) is 0 Å². The zero-order chi connectivity index (χ0) is 15.6. The molecule has 116 valence electrons. The van der Waals surface area contributed by atoms with Crippen molar-refractivity contribution in [1.82, 2.24) is 24.9 Å². The van der Waals surface area contributed by atoms with Crippen molar-refractivity contribution in [3.8, 4) is 0 Å². The molecule has 2 aromatic heterocycles. The Morgan fingerprint density at radius 2 is 2.05 bits per heavy atom. The molecule has 0 fully saturated rings. The molecule has 2 aromatic rings. The summed E-state index contributed by atoms with van der Waals surface area (Å²) in [4.78, 5) is 0. The normalized spacial score (nSPS) is 12.9. The lowest BCUT2D eigenvalue weighted by molar-refractivity contribution is 0.513. The zero-order valence-corrected chi connectivity index (χ0v) is 14.2. The van der Waals surface area contributed by atoms with Crippen LogP contribution in [0, 0.1) is 13.8 Å². The summed E-state index contributed by atoms with van der Waals surface area (Å²) in [6, 6.07) is 0.197. The molecule has 2 rings (SSSR count). The fourth-order valence-corrected chi connectivity index (χ4v) is 2.87. The molecule has 0 aliphatic carbocycles. The smallest absolute Gasteiger partial charge is 0.0847 e. The van der Waals surface area contributed by atoms with E-state index >= 15 is 0 Å². The van der Waals surface area contributed by atoms with E-state index in [1.54, 1.807) is 0 Å². The van der Waals surface area contributed by atoms with Crippen molar-refractivity contribution >= 4 is 11.6 Å². The fourth-order valence-electron chi connectivity index (χ4n) is 2.65. The minimum Gasteiger partial charge on any atom is -0.310 e. The molecule has 5 nitrogen and oxygen atoms in total. The average Bonchev–Trinajstić information content (AvgIpc) is 2.93. The Morgan fingerprint density at radius 3 is 2.57 bits per heavy atom. The third-order valence-corrected chi connectivity index (χ3v) is 4.44. The summed E-state index contributed by atoms with van der Waals surface area (Å²) < 4.78 is 3.90. The largest absolute Gasteiger partial charge is 0.310 e. The molecule has 21 heavy (non-hydrogen) atoms. The molecular formula is C15H24ClN5. The summed E-state index contributed by atoms with van der Waals surface area (Å²) in [6.07, 6.45) is 2.75. The maximum absolute atomic E-state index is 6.44. The standard InChI is InChI=1S/C15H24ClN5/c1-6-17-13(12-9-18-20(5)11(12)4)8-14-15(16)10(3)19-21(14)7-2/h9,13,17H,6-8H2,1-5H3. The summed E-state index contributed by atoms with van der Waals surface area (Å²) in [7, 11) is 1.97. The number of nitrogens with one attached hydrogen (secondary N) is 1. The molecule has 1 unspecified atom stereocenters. The molecule has 2 heterocycles. The Bertz CT molecular complexity index is 614. The van der Waals surface area contributed by atoms with E-state index in [2.05, 4.69) is 36.3 Å². The lowest BCUT2D eigenvalue weighted by atomic mass is 10.0. The molecule has 0 saturated heterocycles. The Kier molecular flexibility index (Phi) is 5.06. The number of halogens is 1. The first-order chi connectivity index (χ1) is 9.99. The maximum atomic E-state index is 6.44. The predicted octanol–water partition coefficient (Wildman–Crippen LogP) is 2.80. The van der Waals surface area contributed by atoms with Crippen LogP contribution >= 0.6 is 11.6 Å². The number of hydrogen-bond acceptors (Lipinski definition) is 3. The molecule has 0 saturated carbocycles. The van der Waals surface area contributed by atoms with Gasteiger partial charge in [-0.25, -0.2) is 0 Å². The second-order valence-corrected chi connectivity index (χ2v) is 5.66. The molecule has 0 radical (unpaired) electrons. The van der Waals surface area contributed by atoms with E-state index < -0.39 is 0 Å². The Labute approximate surface area is 131 Å². The first kappa shape index (κ1) is 16.0. The Hall–Kier alpha value is -1.33. The van der Waals surface area contributed by atoms with Gasteiger partial charge in [0.2, 0.25) is 0 Å². The second kappa shape index (κ2) is 6.62. The van der Waals surface area contributed by atoms with Crippen LogP contribution in [0.4, 0.5) is 0 Å². The van der Waals surface area contributed by atoms with Crippen molar-refractivity contribution in [2.45, 2.75) is 46.7 Å². The fraction of sp³-hybridized carbons (Fsp3) is 0.600. The quantitative estimate of drug-likeness (QED) is 0.892. The molecular weight excluding hydrogens is 286 g/mol. The molecule has 6 heteroatoms. The van der Waals surface area contributed by atoms with Gasteiger partial charge in [-0.3, -0.25) is 9.36 Å². The van der Waals surface area contributed by atoms with E-state index in [-0.39, 0.29) is 6.04 Å². The van der Waals surface area contributed by atoms with Crippen LogP contribution in [0.1, 0.15) is 42.5 Å². The minimum absolute atomic E-state index is 0.197. The number of rotatable bonds is 6. The van der Waals surface area contributed by atoms with Crippen molar-refractivity contribution in [1.29, 1.82) is 0 Å². The molecule has 0 aromatic carbocycles. The highest BCUT2D eigenvalue weighted by Crippen LogP contribution is 2.27. The highest BCUT2D eigenvalue weighted by molar-refractivity contribution is 6.31. The monoisotopic (exact) mass is 309 g/mol. The lowest BCUT2D eigenvalue weighted by Crippen LogP contribution is -2.24. The number of aryl methyl sites for hydroxylation is 3. The summed E-state index contributed by atoms with van der Waals surface area (Å²) >= 11 is 6.44. The van der Waals surface area contributed by atoms with Crippen molar-refractivity contribution in [3.63, 3.8) is 0 Å². The van der Waals surface area contributed by atoms with Crippen LogP contribution in [-0.4, -0.2) is 26.1 Å². The third kappa shape index (κ3) is 3.14. The minimum atomic E-state index is 0.197. The Balaban J connectivity index is 2.35. The van der Waals surface area contributed by atoms with Crippen molar-refractivity contribution in [2.75, 3.05) is 6.54 Å². The first-order valence-electron chi connectivity index (χ1n) is 7.43. The van der Waals surface area contributed by atoms with Crippen LogP contribution in [0.15, 0.2) is 6.20 Å². The van der Waals surface area contributed by atoms with Gasteiger partial charge in [0.1, 0.15) is 0 Å². The van der Waals surface area contributed by atoms with Crippen molar-refractivity contribution < 1.29 is 0 Å². The SMILES string of the molecule is CCNC(Cc1c(Cl)c(C)nn1CC)c1cnn(C)c1C. The Morgan fingerprint density at radius 1 is 1.33 bits per heavy atom. The summed E-state index contributed by atoms with van der Waals surface area (Å²) in [5.41, 5.74) is 4.38. The number of likely N-dealkylation sites (N-methyl/N-ethyl adjacent to an activating group) is 1. The molecule has 0 bridgehead atoms. The predicted molar refractivity (Wildman–Crippen MR) is 85.7 cm³/mol.